The van der Waals surface area contributed by atoms with Crippen LogP contribution in [0.3, 0.4) is 0 Å². The number of carbonyl (C=O) groups is 1. The Labute approximate surface area is 86.8 Å². The van der Waals surface area contributed by atoms with Crippen molar-refractivity contribution in [2.75, 3.05) is 0 Å². The van der Waals surface area contributed by atoms with Crippen LogP contribution in [0.4, 0.5) is 4.79 Å². The average Bonchev–Trinajstić information content (AvgIpc) is 2.19. The molecule has 5 heteroatoms. The van der Waals surface area contributed by atoms with Crippen molar-refractivity contribution in [2.24, 2.45) is 5.73 Å². The lowest BCUT2D eigenvalue weighted by Gasteiger charge is -2.05. The van der Waals surface area contributed by atoms with E-state index in [2.05, 4.69) is 11.3 Å². The van der Waals surface area contributed by atoms with E-state index < -0.39 is 6.09 Å². The van der Waals surface area contributed by atoms with Crippen LogP contribution in [-0.2, 0) is 17.9 Å². The molecule has 0 aliphatic rings. The number of nitrogens with two attached hydrogens (primary N) is 1. The topological polar surface area (TPSA) is 74.3 Å². The van der Waals surface area contributed by atoms with Gasteiger partial charge in [-0.3, -0.25) is 4.79 Å². The molecule has 0 aromatic carbocycles. The number of aromatic nitrogens is 1. The van der Waals surface area contributed by atoms with Crippen molar-refractivity contribution in [1.82, 2.24) is 4.57 Å². The average molecular weight is 208 g/mol. The van der Waals surface area contributed by atoms with Crippen molar-refractivity contribution >= 4 is 6.09 Å². The molecule has 0 unspecified atom stereocenters. The first kappa shape index (κ1) is 11.0. The van der Waals surface area contributed by atoms with Crippen LogP contribution in [0.5, 0.6) is 0 Å². The maximum Gasteiger partial charge on any atom is 0.404 e. The van der Waals surface area contributed by atoms with Gasteiger partial charge in [-0.05, 0) is 12.1 Å². The molecule has 1 heterocycles. The second-order valence-electron chi connectivity index (χ2n) is 2.89. The predicted octanol–water partition coefficient (Wildman–Crippen LogP) is 0.630. The standard InChI is InChI=1S/C10H12N2O3/c1-2-5-12-6-3-4-8(9(12)13)7-15-10(11)14/h2-4,6H,1,5,7H2,(H2,11,14). The lowest BCUT2D eigenvalue weighted by Crippen LogP contribution is -2.24. The van der Waals surface area contributed by atoms with Gasteiger partial charge in [-0.15, -0.1) is 6.58 Å². The third-order valence-electron chi connectivity index (χ3n) is 1.79. The van der Waals surface area contributed by atoms with E-state index in [4.69, 9.17) is 5.73 Å². The zero-order valence-electron chi connectivity index (χ0n) is 8.18. The maximum atomic E-state index is 11.7. The lowest BCUT2D eigenvalue weighted by molar-refractivity contribution is 0.149. The predicted molar refractivity (Wildman–Crippen MR) is 55.3 cm³/mol. The summed E-state index contributed by atoms with van der Waals surface area (Å²) in [4.78, 5) is 22.0. The molecule has 2 N–H and O–H groups in total. The highest BCUT2D eigenvalue weighted by Crippen LogP contribution is 1.95. The Balaban J connectivity index is 2.89. The molecule has 0 spiro atoms. The van der Waals surface area contributed by atoms with Crippen molar-refractivity contribution in [3.63, 3.8) is 0 Å². The third-order valence-corrected chi connectivity index (χ3v) is 1.79. The molecule has 0 saturated carbocycles. The molecular weight excluding hydrogens is 196 g/mol. The van der Waals surface area contributed by atoms with Gasteiger partial charge in [0, 0.05) is 12.7 Å². The Morgan fingerprint density at radius 1 is 1.67 bits per heavy atom. The molecule has 80 valence electrons. The Morgan fingerprint density at radius 2 is 2.40 bits per heavy atom. The second-order valence-corrected chi connectivity index (χ2v) is 2.89. The Morgan fingerprint density at radius 3 is 3.00 bits per heavy atom. The molecule has 1 aromatic rings. The molecule has 0 aliphatic carbocycles. The van der Waals surface area contributed by atoms with Crippen LogP contribution in [0.15, 0.2) is 35.8 Å². The molecule has 15 heavy (non-hydrogen) atoms. The monoisotopic (exact) mass is 208 g/mol. The summed E-state index contributed by atoms with van der Waals surface area (Å²) in [7, 11) is 0. The van der Waals surface area contributed by atoms with Gasteiger partial charge in [0.2, 0.25) is 0 Å². The number of rotatable bonds is 4. The van der Waals surface area contributed by atoms with Crippen LogP contribution < -0.4 is 11.3 Å². The minimum absolute atomic E-state index is 0.105. The molecular formula is C10H12N2O3. The fourth-order valence-corrected chi connectivity index (χ4v) is 1.13. The van der Waals surface area contributed by atoms with Gasteiger partial charge < -0.3 is 15.0 Å². The van der Waals surface area contributed by atoms with Crippen LogP contribution in [0, 0.1) is 0 Å². The highest BCUT2D eigenvalue weighted by Gasteiger charge is 2.03. The van der Waals surface area contributed by atoms with Gasteiger partial charge in [-0.1, -0.05) is 6.08 Å². The van der Waals surface area contributed by atoms with Gasteiger partial charge in [0.25, 0.3) is 5.56 Å². The number of hydrogen-bond donors (Lipinski definition) is 1. The van der Waals surface area contributed by atoms with E-state index in [1.54, 1.807) is 24.4 Å². The van der Waals surface area contributed by atoms with Crippen LogP contribution in [0.1, 0.15) is 5.56 Å². The number of ether oxygens (including phenoxy) is 1. The molecule has 0 aliphatic heterocycles. The van der Waals surface area contributed by atoms with Crippen molar-refractivity contribution in [3.05, 3.63) is 46.9 Å². The van der Waals surface area contributed by atoms with Gasteiger partial charge in [-0.2, -0.15) is 0 Å². The normalized spacial score (nSPS) is 9.60. The first-order valence-corrected chi connectivity index (χ1v) is 4.36. The van der Waals surface area contributed by atoms with Gasteiger partial charge in [0.05, 0.1) is 5.56 Å². The second kappa shape index (κ2) is 4.99. The van der Waals surface area contributed by atoms with Crippen molar-refractivity contribution in [2.45, 2.75) is 13.2 Å². The Bertz CT molecular complexity index is 423. The minimum atomic E-state index is -0.895. The fourth-order valence-electron chi connectivity index (χ4n) is 1.13. The van der Waals surface area contributed by atoms with Gasteiger partial charge >= 0.3 is 6.09 Å². The van der Waals surface area contributed by atoms with Gasteiger partial charge in [0.15, 0.2) is 0 Å². The summed E-state index contributed by atoms with van der Waals surface area (Å²) in [6.07, 6.45) is 2.35. The van der Waals surface area contributed by atoms with E-state index >= 15 is 0 Å². The summed E-state index contributed by atoms with van der Waals surface area (Å²) in [5.41, 5.74) is 4.98. The van der Waals surface area contributed by atoms with Gasteiger partial charge in [-0.25, -0.2) is 4.79 Å². The number of pyridine rings is 1. The highest BCUT2D eigenvalue weighted by molar-refractivity contribution is 5.64. The van der Waals surface area contributed by atoms with E-state index in [0.29, 0.717) is 12.1 Å². The van der Waals surface area contributed by atoms with Crippen LogP contribution in [-0.4, -0.2) is 10.7 Å². The molecule has 0 radical (unpaired) electrons. The molecule has 0 atom stereocenters. The SMILES string of the molecule is C=CCn1cccc(COC(N)=O)c1=O. The molecule has 0 bridgehead atoms. The number of carbonyl (C=O) groups excluding carboxylic acids is 1. The number of amides is 1. The number of nitrogens with zero attached hydrogens (tertiary/aromatic N) is 1. The number of allylic oxidation sites excluding steroid dienone is 1. The molecule has 0 fully saturated rings. The van der Waals surface area contributed by atoms with Crippen LogP contribution in [0.25, 0.3) is 0 Å². The Kier molecular flexibility index (Phi) is 3.68. The summed E-state index contributed by atoms with van der Waals surface area (Å²) in [5.74, 6) is 0. The third kappa shape index (κ3) is 2.98. The quantitative estimate of drug-likeness (QED) is 0.737. The molecule has 1 rings (SSSR count). The van der Waals surface area contributed by atoms with E-state index in [-0.39, 0.29) is 12.2 Å². The Hall–Kier alpha value is -2.04. The highest BCUT2D eigenvalue weighted by atomic mass is 16.5. The van der Waals surface area contributed by atoms with Crippen molar-refractivity contribution in [1.29, 1.82) is 0 Å². The van der Waals surface area contributed by atoms with Crippen molar-refractivity contribution < 1.29 is 9.53 Å². The lowest BCUT2D eigenvalue weighted by atomic mass is 10.3. The summed E-state index contributed by atoms with van der Waals surface area (Å²) < 4.78 is 6.01. The molecule has 0 saturated heterocycles. The first-order chi connectivity index (χ1) is 7.15. The number of hydrogen-bond acceptors (Lipinski definition) is 3. The zero-order chi connectivity index (χ0) is 11.3. The summed E-state index contributed by atoms with van der Waals surface area (Å²) in [6, 6.07) is 3.29. The molecule has 1 aromatic heterocycles. The van der Waals surface area contributed by atoms with E-state index in [1.807, 2.05) is 0 Å². The largest absolute Gasteiger partial charge is 0.445 e. The molecule has 1 amide bonds. The summed E-state index contributed by atoms with van der Waals surface area (Å²) >= 11 is 0. The number of primary amides is 1. The smallest absolute Gasteiger partial charge is 0.404 e. The van der Waals surface area contributed by atoms with Crippen LogP contribution in [0.2, 0.25) is 0 Å². The fraction of sp³-hybridized carbons (Fsp3) is 0.200. The summed E-state index contributed by atoms with van der Waals surface area (Å²) in [6.45, 7) is 3.85. The van der Waals surface area contributed by atoms with Gasteiger partial charge in [0.1, 0.15) is 6.61 Å². The van der Waals surface area contributed by atoms with E-state index in [9.17, 15) is 9.59 Å². The van der Waals surface area contributed by atoms with E-state index in [1.165, 1.54) is 4.57 Å². The zero-order valence-corrected chi connectivity index (χ0v) is 8.18. The van der Waals surface area contributed by atoms with Crippen molar-refractivity contribution in [3.8, 4) is 0 Å². The maximum absolute atomic E-state index is 11.7. The minimum Gasteiger partial charge on any atom is -0.445 e. The van der Waals surface area contributed by atoms with Crippen LogP contribution >= 0.6 is 0 Å². The van der Waals surface area contributed by atoms with E-state index in [0.717, 1.165) is 0 Å². The summed E-state index contributed by atoms with van der Waals surface area (Å²) in [5, 5.41) is 0. The first-order valence-electron chi connectivity index (χ1n) is 4.36. The molecule has 5 nitrogen and oxygen atoms in total.